The molecule has 1 aliphatic heterocycles. The smallest absolute Gasteiger partial charge is 0.230 e. The molecule has 0 radical (unpaired) electrons. The maximum absolute atomic E-state index is 11.8. The van der Waals surface area contributed by atoms with E-state index in [2.05, 4.69) is 10.3 Å². The van der Waals surface area contributed by atoms with Crippen molar-refractivity contribution in [2.45, 2.75) is 26.2 Å². The van der Waals surface area contributed by atoms with Crippen LogP contribution in [-0.2, 0) is 9.59 Å². The molecule has 2 unspecified atom stereocenters. The third kappa shape index (κ3) is 2.00. The number of carbonyl (C=O) groups excluding carboxylic acids is 2. The number of amides is 2. The van der Waals surface area contributed by atoms with Crippen LogP contribution in [0, 0.1) is 11.8 Å². The molecule has 0 bridgehead atoms. The Morgan fingerprint density at radius 1 is 1.50 bits per heavy atom. The Morgan fingerprint density at radius 2 is 2.25 bits per heavy atom. The first-order valence-electron chi connectivity index (χ1n) is 5.32. The zero-order chi connectivity index (χ0) is 11.7. The number of piperidine rings is 1. The van der Waals surface area contributed by atoms with Gasteiger partial charge in [0.25, 0.3) is 0 Å². The molecule has 0 aliphatic carbocycles. The molecule has 1 N–H and O–H groups in total. The summed E-state index contributed by atoms with van der Waals surface area (Å²) in [5.41, 5.74) is 0. The lowest BCUT2D eigenvalue weighted by atomic mass is 9.78. The summed E-state index contributed by atoms with van der Waals surface area (Å²) >= 11 is 1.51. The molecule has 0 saturated carbocycles. The Morgan fingerprint density at radius 3 is 2.81 bits per heavy atom. The van der Waals surface area contributed by atoms with Gasteiger partial charge in [-0.2, -0.15) is 0 Å². The lowest BCUT2D eigenvalue weighted by molar-refractivity contribution is -0.138. The first kappa shape index (κ1) is 11.3. The standard InChI is InChI=1S/C11H14N2O2S/c1-6(2)9-7(11-12-3-4-16-11)5-8(14)13-10(9)15/h3-4,6-7,9H,5H2,1-2H3,(H,13,14,15). The third-order valence-corrected chi connectivity index (χ3v) is 3.80. The molecule has 0 spiro atoms. The van der Waals surface area contributed by atoms with Crippen molar-refractivity contribution in [3.05, 3.63) is 16.6 Å². The topological polar surface area (TPSA) is 59.1 Å². The molecule has 2 heterocycles. The zero-order valence-corrected chi connectivity index (χ0v) is 10.1. The predicted octanol–water partition coefficient (Wildman–Crippen LogP) is 1.55. The SMILES string of the molecule is CC(C)C1C(=O)NC(=O)CC1c1nccs1. The van der Waals surface area contributed by atoms with Crippen molar-refractivity contribution in [2.24, 2.45) is 11.8 Å². The predicted molar refractivity (Wildman–Crippen MR) is 60.9 cm³/mol. The van der Waals surface area contributed by atoms with Gasteiger partial charge in [-0.25, -0.2) is 4.98 Å². The molecule has 1 saturated heterocycles. The lowest BCUT2D eigenvalue weighted by Gasteiger charge is -2.31. The monoisotopic (exact) mass is 238 g/mol. The molecule has 2 atom stereocenters. The minimum Gasteiger partial charge on any atom is -0.296 e. The highest BCUT2D eigenvalue weighted by atomic mass is 32.1. The van der Waals surface area contributed by atoms with Gasteiger partial charge >= 0.3 is 0 Å². The van der Waals surface area contributed by atoms with Gasteiger partial charge in [0.15, 0.2) is 0 Å². The molecule has 86 valence electrons. The minimum absolute atomic E-state index is 0.0544. The van der Waals surface area contributed by atoms with Gasteiger partial charge in [-0.05, 0) is 5.92 Å². The second-order valence-corrected chi connectivity index (χ2v) is 5.29. The van der Waals surface area contributed by atoms with Gasteiger partial charge in [-0.3, -0.25) is 14.9 Å². The van der Waals surface area contributed by atoms with E-state index in [1.165, 1.54) is 11.3 Å². The molecule has 0 aromatic carbocycles. The van der Waals surface area contributed by atoms with E-state index in [0.717, 1.165) is 5.01 Å². The van der Waals surface area contributed by atoms with Crippen LogP contribution in [0.2, 0.25) is 0 Å². The Labute approximate surface area is 98.1 Å². The van der Waals surface area contributed by atoms with Gasteiger partial charge in [0.1, 0.15) is 0 Å². The summed E-state index contributed by atoms with van der Waals surface area (Å²) in [4.78, 5) is 27.4. The number of aromatic nitrogens is 1. The quantitative estimate of drug-likeness (QED) is 0.795. The summed E-state index contributed by atoms with van der Waals surface area (Å²) in [6, 6.07) is 0. The lowest BCUT2D eigenvalue weighted by Crippen LogP contribution is -2.46. The summed E-state index contributed by atoms with van der Waals surface area (Å²) < 4.78 is 0. The number of thiazole rings is 1. The zero-order valence-electron chi connectivity index (χ0n) is 9.27. The molecule has 1 fully saturated rings. The highest BCUT2D eigenvalue weighted by Gasteiger charge is 2.39. The van der Waals surface area contributed by atoms with Crippen LogP contribution in [0.1, 0.15) is 31.2 Å². The summed E-state index contributed by atoms with van der Waals surface area (Å²) in [5.74, 6) is -0.347. The van der Waals surface area contributed by atoms with Crippen LogP contribution in [0.4, 0.5) is 0 Å². The van der Waals surface area contributed by atoms with Gasteiger partial charge in [0.2, 0.25) is 11.8 Å². The molecular weight excluding hydrogens is 224 g/mol. The highest BCUT2D eigenvalue weighted by Crippen LogP contribution is 2.36. The average molecular weight is 238 g/mol. The van der Waals surface area contributed by atoms with Crippen LogP contribution >= 0.6 is 11.3 Å². The summed E-state index contributed by atoms with van der Waals surface area (Å²) in [7, 11) is 0. The fourth-order valence-corrected chi connectivity index (χ4v) is 2.99. The Bertz CT molecular complexity index is 400. The van der Waals surface area contributed by atoms with Crippen molar-refractivity contribution in [3.8, 4) is 0 Å². The number of imide groups is 1. The highest BCUT2D eigenvalue weighted by molar-refractivity contribution is 7.09. The normalized spacial score (nSPS) is 25.9. The number of nitrogens with one attached hydrogen (secondary N) is 1. The van der Waals surface area contributed by atoms with E-state index in [4.69, 9.17) is 0 Å². The van der Waals surface area contributed by atoms with E-state index in [0.29, 0.717) is 6.42 Å². The number of rotatable bonds is 2. The second-order valence-electron chi connectivity index (χ2n) is 4.36. The third-order valence-electron chi connectivity index (χ3n) is 2.89. The van der Waals surface area contributed by atoms with E-state index in [-0.39, 0.29) is 29.6 Å². The van der Waals surface area contributed by atoms with Crippen LogP contribution in [0.5, 0.6) is 0 Å². The summed E-state index contributed by atoms with van der Waals surface area (Å²) in [5, 5.41) is 5.17. The van der Waals surface area contributed by atoms with Crippen LogP contribution in [0.3, 0.4) is 0 Å². The van der Waals surface area contributed by atoms with E-state index in [1.54, 1.807) is 6.20 Å². The summed E-state index contributed by atoms with van der Waals surface area (Å²) in [6.07, 6.45) is 2.08. The fourth-order valence-electron chi connectivity index (χ4n) is 2.21. The van der Waals surface area contributed by atoms with Gasteiger partial charge in [-0.15, -0.1) is 11.3 Å². The fraction of sp³-hybridized carbons (Fsp3) is 0.545. The van der Waals surface area contributed by atoms with Crippen molar-refractivity contribution in [1.82, 2.24) is 10.3 Å². The molecule has 1 aromatic heterocycles. The van der Waals surface area contributed by atoms with Crippen LogP contribution < -0.4 is 5.32 Å². The van der Waals surface area contributed by atoms with Crippen molar-refractivity contribution in [3.63, 3.8) is 0 Å². The number of nitrogens with zero attached hydrogens (tertiary/aromatic N) is 1. The summed E-state index contributed by atoms with van der Waals surface area (Å²) in [6.45, 7) is 4.00. The van der Waals surface area contributed by atoms with Crippen molar-refractivity contribution >= 4 is 23.2 Å². The second kappa shape index (κ2) is 4.33. The van der Waals surface area contributed by atoms with Crippen molar-refractivity contribution in [2.75, 3.05) is 0 Å². The van der Waals surface area contributed by atoms with Crippen molar-refractivity contribution < 1.29 is 9.59 Å². The van der Waals surface area contributed by atoms with E-state index >= 15 is 0 Å². The van der Waals surface area contributed by atoms with E-state index in [1.807, 2.05) is 19.2 Å². The Hall–Kier alpha value is -1.23. The molecule has 2 rings (SSSR count). The molecule has 5 heteroatoms. The molecular formula is C11H14N2O2S. The van der Waals surface area contributed by atoms with Gasteiger partial charge in [-0.1, -0.05) is 13.8 Å². The van der Waals surface area contributed by atoms with E-state index in [9.17, 15) is 9.59 Å². The Balaban J connectivity index is 2.31. The van der Waals surface area contributed by atoms with Crippen LogP contribution in [0.25, 0.3) is 0 Å². The number of hydrogen-bond donors (Lipinski definition) is 1. The molecule has 4 nitrogen and oxygen atoms in total. The van der Waals surface area contributed by atoms with Crippen molar-refractivity contribution in [1.29, 1.82) is 0 Å². The Kier molecular flexibility index (Phi) is 3.05. The van der Waals surface area contributed by atoms with Gasteiger partial charge < -0.3 is 0 Å². The molecule has 16 heavy (non-hydrogen) atoms. The van der Waals surface area contributed by atoms with Gasteiger partial charge in [0.05, 0.1) is 10.9 Å². The average Bonchev–Trinajstić information content (AvgIpc) is 2.67. The first-order chi connectivity index (χ1) is 7.59. The van der Waals surface area contributed by atoms with Gasteiger partial charge in [0, 0.05) is 23.9 Å². The molecule has 1 aromatic rings. The largest absolute Gasteiger partial charge is 0.296 e. The van der Waals surface area contributed by atoms with Crippen LogP contribution in [-0.4, -0.2) is 16.8 Å². The van der Waals surface area contributed by atoms with E-state index < -0.39 is 0 Å². The minimum atomic E-state index is -0.192. The maximum Gasteiger partial charge on any atom is 0.230 e. The molecule has 2 amide bonds. The number of hydrogen-bond acceptors (Lipinski definition) is 4. The molecule has 1 aliphatic rings. The number of carbonyl (C=O) groups is 2. The first-order valence-corrected chi connectivity index (χ1v) is 6.20. The van der Waals surface area contributed by atoms with Crippen LogP contribution in [0.15, 0.2) is 11.6 Å². The maximum atomic E-state index is 11.8.